The summed E-state index contributed by atoms with van der Waals surface area (Å²) in [6.07, 6.45) is 0. The fraction of sp³-hybridized carbons (Fsp3) is 0.0588. The second kappa shape index (κ2) is 4.71. The van der Waals surface area contributed by atoms with Gasteiger partial charge in [-0.25, -0.2) is 0 Å². The maximum absolute atomic E-state index is 12.3. The molecule has 22 heavy (non-hydrogen) atoms. The van der Waals surface area contributed by atoms with E-state index in [1.165, 1.54) is 0 Å². The van der Waals surface area contributed by atoms with Gasteiger partial charge in [-0.2, -0.15) is 0 Å². The Balaban J connectivity index is 1.90. The standard InChI is InChI=1S/C17H10ClNO3/c18-16(20)9-5-6-11-10(7-9)8-22-15(11)14-12-3-1-2-4-13(12)19-17(14)21/h1-7H,8H2,(H,19,21)/b15-14+. The molecule has 2 aliphatic heterocycles. The molecule has 2 heterocycles. The Morgan fingerprint density at radius 3 is 2.77 bits per heavy atom. The zero-order valence-electron chi connectivity index (χ0n) is 11.4. The molecule has 1 N–H and O–H groups in total. The maximum Gasteiger partial charge on any atom is 0.260 e. The number of fused-ring (bicyclic) bond motifs is 2. The minimum Gasteiger partial charge on any atom is -0.487 e. The van der Waals surface area contributed by atoms with Gasteiger partial charge in [-0.1, -0.05) is 24.3 Å². The Hall–Kier alpha value is -2.59. The van der Waals surface area contributed by atoms with Gasteiger partial charge in [0.1, 0.15) is 12.4 Å². The van der Waals surface area contributed by atoms with Crippen molar-refractivity contribution in [3.05, 3.63) is 64.7 Å². The van der Waals surface area contributed by atoms with Crippen molar-refractivity contribution in [2.75, 3.05) is 5.32 Å². The third kappa shape index (κ3) is 1.84. The van der Waals surface area contributed by atoms with Crippen LogP contribution in [-0.2, 0) is 16.1 Å². The van der Waals surface area contributed by atoms with Gasteiger partial charge in [0, 0.05) is 27.9 Å². The molecule has 0 aromatic heterocycles. The first-order valence-electron chi connectivity index (χ1n) is 6.76. The largest absolute Gasteiger partial charge is 0.487 e. The van der Waals surface area contributed by atoms with Crippen molar-refractivity contribution in [2.45, 2.75) is 6.61 Å². The molecule has 5 heteroatoms. The monoisotopic (exact) mass is 311 g/mol. The van der Waals surface area contributed by atoms with Crippen LogP contribution in [0.4, 0.5) is 5.69 Å². The molecule has 0 spiro atoms. The van der Waals surface area contributed by atoms with E-state index in [0.29, 0.717) is 23.5 Å². The number of halogens is 1. The Morgan fingerprint density at radius 1 is 1.14 bits per heavy atom. The summed E-state index contributed by atoms with van der Waals surface area (Å²) in [6.45, 7) is 0.321. The van der Waals surface area contributed by atoms with E-state index < -0.39 is 5.24 Å². The highest BCUT2D eigenvalue weighted by atomic mass is 35.5. The van der Waals surface area contributed by atoms with Crippen LogP contribution < -0.4 is 5.32 Å². The van der Waals surface area contributed by atoms with Crippen LogP contribution in [0.2, 0.25) is 0 Å². The average Bonchev–Trinajstić information content (AvgIpc) is 3.06. The predicted octanol–water partition coefficient (Wildman–Crippen LogP) is 3.42. The average molecular weight is 312 g/mol. The summed E-state index contributed by atoms with van der Waals surface area (Å²) >= 11 is 5.50. The number of nitrogens with one attached hydrogen (secondary N) is 1. The number of hydrogen-bond acceptors (Lipinski definition) is 3. The Labute approximate surface area is 131 Å². The number of carbonyl (C=O) groups excluding carboxylic acids is 2. The van der Waals surface area contributed by atoms with E-state index in [0.717, 1.165) is 22.4 Å². The lowest BCUT2D eigenvalue weighted by molar-refractivity contribution is -0.110. The number of para-hydroxylation sites is 1. The number of benzene rings is 2. The van der Waals surface area contributed by atoms with E-state index >= 15 is 0 Å². The Morgan fingerprint density at radius 2 is 1.95 bits per heavy atom. The van der Waals surface area contributed by atoms with Crippen LogP contribution in [0.3, 0.4) is 0 Å². The van der Waals surface area contributed by atoms with Crippen LogP contribution in [-0.4, -0.2) is 11.1 Å². The first-order chi connectivity index (χ1) is 10.6. The van der Waals surface area contributed by atoms with Gasteiger partial charge in [-0.15, -0.1) is 0 Å². The highest BCUT2D eigenvalue weighted by Gasteiger charge is 2.32. The summed E-state index contributed by atoms with van der Waals surface area (Å²) in [5.74, 6) is 0.368. The molecule has 4 nitrogen and oxygen atoms in total. The van der Waals surface area contributed by atoms with Crippen molar-refractivity contribution in [1.82, 2.24) is 0 Å². The van der Waals surface area contributed by atoms with Crippen LogP contribution in [0.1, 0.15) is 27.0 Å². The van der Waals surface area contributed by atoms with Gasteiger partial charge in [-0.3, -0.25) is 9.59 Å². The van der Waals surface area contributed by atoms with Crippen LogP contribution in [0, 0.1) is 0 Å². The van der Waals surface area contributed by atoms with Crippen LogP contribution in [0.5, 0.6) is 0 Å². The molecule has 0 saturated heterocycles. The van der Waals surface area contributed by atoms with E-state index in [-0.39, 0.29) is 5.91 Å². The number of rotatable bonds is 1. The van der Waals surface area contributed by atoms with Gasteiger partial charge in [0.15, 0.2) is 0 Å². The van der Waals surface area contributed by atoms with Gasteiger partial charge >= 0.3 is 0 Å². The van der Waals surface area contributed by atoms with E-state index in [1.54, 1.807) is 18.2 Å². The first kappa shape index (κ1) is 13.1. The summed E-state index contributed by atoms with van der Waals surface area (Å²) in [6, 6.07) is 12.6. The van der Waals surface area contributed by atoms with Gasteiger partial charge < -0.3 is 10.1 Å². The zero-order valence-corrected chi connectivity index (χ0v) is 12.1. The van der Waals surface area contributed by atoms with Crippen molar-refractivity contribution in [1.29, 1.82) is 0 Å². The van der Waals surface area contributed by atoms with Gasteiger partial charge in [0.05, 0.1) is 5.57 Å². The highest BCUT2D eigenvalue weighted by molar-refractivity contribution is 6.67. The minimum atomic E-state index is -0.507. The lowest BCUT2D eigenvalue weighted by Crippen LogP contribution is -2.05. The fourth-order valence-electron chi connectivity index (χ4n) is 2.83. The number of carbonyl (C=O) groups is 2. The molecule has 0 fully saturated rings. The highest BCUT2D eigenvalue weighted by Crippen LogP contribution is 2.41. The van der Waals surface area contributed by atoms with Crippen LogP contribution >= 0.6 is 11.6 Å². The molecule has 0 unspecified atom stereocenters. The fourth-order valence-corrected chi connectivity index (χ4v) is 2.95. The second-order valence-corrected chi connectivity index (χ2v) is 5.48. The lowest BCUT2D eigenvalue weighted by Gasteiger charge is -2.05. The van der Waals surface area contributed by atoms with E-state index in [2.05, 4.69) is 5.32 Å². The second-order valence-electron chi connectivity index (χ2n) is 5.14. The molecule has 0 radical (unpaired) electrons. The van der Waals surface area contributed by atoms with E-state index in [1.807, 2.05) is 24.3 Å². The predicted molar refractivity (Wildman–Crippen MR) is 83.3 cm³/mol. The normalized spacial score (nSPS) is 18.5. The summed E-state index contributed by atoms with van der Waals surface area (Å²) in [5, 5.41) is 2.33. The minimum absolute atomic E-state index is 0.179. The molecule has 0 bridgehead atoms. The molecular formula is C17H10ClNO3. The number of amides is 1. The van der Waals surface area contributed by atoms with Gasteiger partial charge in [-0.05, 0) is 29.8 Å². The SMILES string of the molecule is O=C1Nc2ccccc2/C1=C1\OCc2cc(C(=O)Cl)ccc21. The molecule has 0 atom stereocenters. The van der Waals surface area contributed by atoms with Crippen molar-refractivity contribution in [3.63, 3.8) is 0 Å². The van der Waals surface area contributed by atoms with Crippen molar-refractivity contribution in [2.24, 2.45) is 0 Å². The Kier molecular flexibility index (Phi) is 2.81. The number of hydrogen-bond donors (Lipinski definition) is 1. The molecule has 1 amide bonds. The molecule has 4 rings (SSSR count). The smallest absolute Gasteiger partial charge is 0.260 e. The van der Waals surface area contributed by atoms with Crippen LogP contribution in [0.15, 0.2) is 42.5 Å². The quantitative estimate of drug-likeness (QED) is 0.648. The molecule has 2 aliphatic rings. The summed E-state index contributed by atoms with van der Waals surface area (Å²) in [4.78, 5) is 23.5. The molecule has 2 aromatic carbocycles. The Bertz CT molecular complexity index is 870. The lowest BCUT2D eigenvalue weighted by atomic mass is 9.99. The molecule has 0 aliphatic carbocycles. The summed E-state index contributed by atoms with van der Waals surface area (Å²) in [5.41, 5.74) is 4.23. The van der Waals surface area contributed by atoms with E-state index in [9.17, 15) is 9.59 Å². The third-order valence-electron chi connectivity index (χ3n) is 3.85. The van der Waals surface area contributed by atoms with Crippen molar-refractivity contribution < 1.29 is 14.3 Å². The summed E-state index contributed by atoms with van der Waals surface area (Å²) < 4.78 is 5.73. The topological polar surface area (TPSA) is 55.4 Å². The van der Waals surface area contributed by atoms with Gasteiger partial charge in [0.2, 0.25) is 0 Å². The van der Waals surface area contributed by atoms with E-state index in [4.69, 9.17) is 16.3 Å². The molecular weight excluding hydrogens is 302 g/mol. The van der Waals surface area contributed by atoms with Crippen molar-refractivity contribution >= 4 is 39.8 Å². The zero-order chi connectivity index (χ0) is 15.3. The van der Waals surface area contributed by atoms with Crippen molar-refractivity contribution in [3.8, 4) is 0 Å². The van der Waals surface area contributed by atoms with Gasteiger partial charge in [0.25, 0.3) is 11.1 Å². The number of anilines is 1. The summed E-state index contributed by atoms with van der Waals surface area (Å²) in [7, 11) is 0. The molecule has 0 saturated carbocycles. The first-order valence-corrected chi connectivity index (χ1v) is 7.14. The van der Waals surface area contributed by atoms with Crippen LogP contribution in [0.25, 0.3) is 11.3 Å². The maximum atomic E-state index is 12.3. The molecule has 108 valence electrons. The number of ether oxygens (including phenoxy) is 1. The third-order valence-corrected chi connectivity index (χ3v) is 4.07. The molecule has 2 aromatic rings.